The van der Waals surface area contributed by atoms with Gasteiger partial charge in [-0.2, -0.15) is 0 Å². The van der Waals surface area contributed by atoms with E-state index >= 15 is 0 Å². The lowest BCUT2D eigenvalue weighted by Gasteiger charge is -2.69. The summed E-state index contributed by atoms with van der Waals surface area (Å²) in [5, 5.41) is -3.70. The lowest BCUT2D eigenvalue weighted by molar-refractivity contribution is -0.471. The zero-order valence-electron chi connectivity index (χ0n) is 73.5. The second-order valence-electron chi connectivity index (χ2n) is 40.1. The van der Waals surface area contributed by atoms with Crippen LogP contribution < -0.4 is 0 Å². The highest BCUT2D eigenvalue weighted by atomic mass is 32.7. The maximum absolute atomic E-state index is 6.74. The summed E-state index contributed by atoms with van der Waals surface area (Å²) in [5.41, 5.74) is 4.84. The molecule has 24 heterocycles. The first-order valence-electron chi connectivity index (χ1n) is 41.8. The van der Waals surface area contributed by atoms with Crippen molar-refractivity contribution in [2.75, 3.05) is 13.7 Å². The second-order valence-corrected chi connectivity index (χ2v) is 58.7. The summed E-state index contributed by atoms with van der Waals surface area (Å²) >= 11 is 1.93. The molecule has 24 saturated heterocycles. The van der Waals surface area contributed by atoms with E-state index in [2.05, 4.69) is 183 Å². The Morgan fingerprint density at radius 3 is 0.681 bits per heavy atom. The van der Waals surface area contributed by atoms with Crippen LogP contribution in [-0.2, 0) is 134 Å². The Morgan fingerprint density at radius 2 is 0.448 bits per heavy atom. The van der Waals surface area contributed by atoms with E-state index in [4.69, 9.17) is 108 Å². The van der Waals surface area contributed by atoms with Crippen molar-refractivity contribution in [1.82, 2.24) is 0 Å². The van der Waals surface area contributed by atoms with Gasteiger partial charge >= 0.3 is 0 Å². The van der Waals surface area contributed by atoms with Crippen LogP contribution in [-0.4, -0.2) is 147 Å². The van der Waals surface area contributed by atoms with E-state index in [0.717, 1.165) is 56.1 Å². The first-order chi connectivity index (χ1) is 53.4. The highest BCUT2D eigenvalue weighted by molar-refractivity contribution is 8.56. The molecule has 0 radical (unpaired) electrons. The van der Waals surface area contributed by atoms with E-state index in [1.807, 2.05) is 87.5 Å². The summed E-state index contributed by atoms with van der Waals surface area (Å²) in [6.45, 7) is 56.8. The molecule has 0 amide bonds. The summed E-state index contributed by atoms with van der Waals surface area (Å²) in [4.78, 5) is 1.29. The molecule has 27 rings (SSSR count). The standard InChI is InChI=1S/C28H40O8P2.C19H27O4P.C16H21O3PS.C12H21O4P.C11H19O4P/c1-21-15-25(5)34-22(2,31-21)16-26(6,33-21)37(25)29-13-19-11-9-10-12-20(19)14-30-38-27(7)17-23(3)32-24(4,36-27)18-28(38,8)35-23;1-6-14-9-7-8-10-15(14)11-20-24-18(4)12-16(2)21-17(3,23-18)13-19(24,5)22-16;1-13-10-15(3)19-14(2,17-13)11-16(4,18-13)20(15)21-12-8-6-5-7-9-12;1-6-13-17-11(4)7-9(2)14-10(3,16-11)8-12(17,5)15-9;1-8-6-10(3)15-9(2,13-8)7-11(4,14-8)16(10)12-5/h9-12H,13-18H2,1-8H3;7-10H,6,11-13H2,1-5H3;5-9H,10-11H2,1-4H3;6-8H2,1-5H3;6-7H2,1-5H3. The molecular formula is C86H128O23P6S. The fourth-order valence-corrected chi connectivity index (χ4v) is 48.2. The average molecular weight is 1750 g/mol. The van der Waals surface area contributed by atoms with E-state index in [9.17, 15) is 0 Å². The Balaban J connectivity index is 0.000000109. The quantitative estimate of drug-likeness (QED) is 0.129. The van der Waals surface area contributed by atoms with Gasteiger partial charge in [0.15, 0.2) is 69.4 Å². The predicted molar refractivity (Wildman–Crippen MR) is 446 cm³/mol. The Hall–Kier alpha value is -0.330. The van der Waals surface area contributed by atoms with Crippen molar-refractivity contribution in [2.45, 2.75) is 422 Å². The third kappa shape index (κ3) is 15.2. The maximum Gasteiger partial charge on any atom is 0.173 e. The third-order valence-corrected chi connectivity index (χ3v) is 45.3. The van der Waals surface area contributed by atoms with Crippen LogP contribution in [0.3, 0.4) is 0 Å². The molecule has 24 atom stereocenters. The average Bonchev–Trinajstić information content (AvgIpc) is 0.719. The molecular weight excluding hydrogens is 1620 g/mol. The van der Waals surface area contributed by atoms with Gasteiger partial charge in [0.2, 0.25) is 0 Å². The number of aryl methyl sites for hydroxylation is 1. The summed E-state index contributed by atoms with van der Waals surface area (Å²) in [6, 6.07) is 27.4. The molecule has 3 aromatic carbocycles. The van der Waals surface area contributed by atoms with Crippen LogP contribution in [0.1, 0.15) is 279 Å². The minimum Gasteiger partial charge on any atom is -0.357 e. The minimum atomic E-state index is -1.04. The fourth-order valence-electron chi connectivity index (χ4n) is 26.1. The molecule has 23 nitrogen and oxygen atoms in total. The predicted octanol–water partition coefficient (Wildman–Crippen LogP) is 22.7. The Labute approximate surface area is 699 Å². The number of rotatable bonds is 15. The van der Waals surface area contributed by atoms with E-state index in [-0.39, 0.29) is 42.7 Å². The molecule has 24 aliphatic heterocycles. The van der Waals surface area contributed by atoms with Gasteiger partial charge in [-0.3, -0.25) is 0 Å². The number of hydrogen-bond acceptors (Lipinski definition) is 24. The first-order valence-corrected chi connectivity index (χ1v) is 50.8. The molecule has 24 fully saturated rings. The van der Waals surface area contributed by atoms with Gasteiger partial charge in [0.25, 0.3) is 0 Å². The first kappa shape index (κ1) is 87.7. The maximum atomic E-state index is 6.74. The van der Waals surface area contributed by atoms with Crippen LogP contribution in [0.4, 0.5) is 0 Å². The summed E-state index contributed by atoms with van der Waals surface area (Å²) in [7, 11) is -3.26. The van der Waals surface area contributed by atoms with Crippen LogP contribution >= 0.6 is 59.2 Å². The molecule has 3 aromatic rings. The molecule has 24 unspecified atom stereocenters. The van der Waals surface area contributed by atoms with Gasteiger partial charge in [-0.05, 0) is 214 Å². The minimum absolute atomic E-state index is 0.164. The SMILES string of the molecule is CC12CC3(C)OC(C)(CC(C)(O1)P3OCc1ccccc1COP1C3(C)CC4(C)OC(C)(CC1(C)O4)O3)O2.CC12CC3(C)OC(C)(CC(C)(O1)P3Sc1ccccc1)O2.CCOP1C2(C)CC3(C)OC(C)(CC1(C)O3)O2.CCc1ccccc1COP1C2(C)CC3(C)OC(C)(CC1(C)O3)O2.COP1C2(C)CC3(C)OC(C)(CC1(C)O3)O2. The smallest absolute Gasteiger partial charge is 0.173 e. The molecule has 646 valence electrons. The second kappa shape index (κ2) is 27.8. The zero-order chi connectivity index (χ0) is 83.5. The highest BCUT2D eigenvalue weighted by Crippen LogP contribution is 2.85. The molecule has 24 bridgehead atoms. The molecule has 116 heavy (non-hydrogen) atoms. The third-order valence-electron chi connectivity index (χ3n) is 25.8. The molecule has 0 aliphatic carbocycles. The zero-order valence-corrected chi connectivity index (χ0v) is 79.7. The van der Waals surface area contributed by atoms with Gasteiger partial charge in [-0.25, -0.2) is 0 Å². The van der Waals surface area contributed by atoms with Gasteiger partial charge < -0.3 is 108 Å². The van der Waals surface area contributed by atoms with Crippen LogP contribution in [0.25, 0.3) is 0 Å². The van der Waals surface area contributed by atoms with E-state index in [1.54, 1.807) is 7.11 Å². The molecule has 0 aromatic heterocycles. The van der Waals surface area contributed by atoms with Crippen molar-refractivity contribution >= 4 is 59.2 Å². The number of benzene rings is 3. The van der Waals surface area contributed by atoms with Gasteiger partial charge in [0.05, 0.1) is 60.6 Å². The van der Waals surface area contributed by atoms with Crippen LogP contribution in [0.5, 0.6) is 0 Å². The van der Waals surface area contributed by atoms with Crippen molar-refractivity contribution in [1.29, 1.82) is 0 Å². The van der Waals surface area contributed by atoms with Gasteiger partial charge in [0.1, 0.15) is 64.1 Å². The van der Waals surface area contributed by atoms with E-state index < -0.39 is 139 Å². The van der Waals surface area contributed by atoms with Crippen molar-refractivity contribution < 1.29 is 108 Å². The van der Waals surface area contributed by atoms with Crippen molar-refractivity contribution in [2.24, 2.45) is 0 Å². The Morgan fingerprint density at radius 1 is 0.250 bits per heavy atom. The summed E-state index contributed by atoms with van der Waals surface area (Å²) < 4.78 is 144. The van der Waals surface area contributed by atoms with Crippen molar-refractivity contribution in [3.63, 3.8) is 0 Å². The number of hydrogen-bond donors (Lipinski definition) is 0. The van der Waals surface area contributed by atoms with Gasteiger partial charge in [-0.1, -0.05) is 85.0 Å². The van der Waals surface area contributed by atoms with Crippen molar-refractivity contribution in [3.05, 3.63) is 101 Å². The summed E-state index contributed by atoms with van der Waals surface area (Å²) in [6.07, 6.45) is 9.66. The normalized spacial score (nSPS) is 55.0. The van der Waals surface area contributed by atoms with E-state index in [0.29, 0.717) is 65.0 Å². The molecule has 30 heteroatoms. The monoisotopic (exact) mass is 1750 g/mol. The topological polar surface area (TPSA) is 212 Å². The number of ether oxygens (including phenoxy) is 18. The lowest BCUT2D eigenvalue weighted by Crippen LogP contribution is -2.71. The molecule has 24 aliphatic rings. The Bertz CT molecular complexity index is 3940. The fraction of sp³-hybridized carbons (Fsp3) is 0.791. The van der Waals surface area contributed by atoms with Crippen LogP contribution in [0.15, 0.2) is 83.8 Å². The lowest BCUT2D eigenvalue weighted by atomic mass is 9.98. The van der Waals surface area contributed by atoms with Gasteiger partial charge in [-0.15, -0.1) is 0 Å². The van der Waals surface area contributed by atoms with Crippen molar-refractivity contribution in [3.8, 4) is 0 Å². The highest BCUT2D eigenvalue weighted by Gasteiger charge is 2.79. The van der Waals surface area contributed by atoms with E-state index in [1.165, 1.54) is 16.0 Å². The van der Waals surface area contributed by atoms with Crippen LogP contribution in [0.2, 0.25) is 0 Å². The van der Waals surface area contributed by atoms with Gasteiger partial charge in [0, 0.05) is 103 Å². The molecule has 0 saturated carbocycles. The molecule has 0 N–H and O–H groups in total. The largest absolute Gasteiger partial charge is 0.357 e. The summed E-state index contributed by atoms with van der Waals surface area (Å²) in [5.74, 6) is -6.81. The van der Waals surface area contributed by atoms with Crippen LogP contribution in [0, 0.1) is 0 Å². The Kier molecular flexibility index (Phi) is 21.1. The molecule has 0 spiro atoms.